The highest BCUT2D eigenvalue weighted by molar-refractivity contribution is 5.79. The molecule has 0 fully saturated rings. The van der Waals surface area contributed by atoms with Gasteiger partial charge in [0.25, 0.3) is 0 Å². The molecule has 0 aliphatic carbocycles. The van der Waals surface area contributed by atoms with Gasteiger partial charge in [0.2, 0.25) is 0 Å². The van der Waals surface area contributed by atoms with Crippen molar-refractivity contribution in [2.24, 2.45) is 7.05 Å². The molecule has 2 unspecified atom stereocenters. The van der Waals surface area contributed by atoms with Crippen molar-refractivity contribution in [1.82, 2.24) is 15.1 Å². The Bertz CT molecular complexity index is 705. The number of rotatable bonds is 5. The Labute approximate surface area is 141 Å². The number of carbonyl (C=O) groups is 1. The number of carbonyl (C=O) groups excluding carboxylic acids is 1. The molecule has 2 atom stereocenters. The smallest absolute Gasteiger partial charge is 0.407 e. The van der Waals surface area contributed by atoms with E-state index in [4.69, 9.17) is 4.74 Å². The van der Waals surface area contributed by atoms with E-state index in [-0.39, 0.29) is 13.0 Å². The average Bonchev–Trinajstić information content (AvgIpc) is 2.85. The second-order valence-electron chi connectivity index (χ2n) is 6.82. The SMILES string of the molecule is Cn1ncc2ccc(C(O)C(O)CCNC(=O)OC(C)(C)C)cc21. The minimum atomic E-state index is -1.04. The van der Waals surface area contributed by atoms with Gasteiger partial charge < -0.3 is 20.3 Å². The maximum atomic E-state index is 11.5. The van der Waals surface area contributed by atoms with Crippen LogP contribution in [0.4, 0.5) is 4.79 Å². The van der Waals surface area contributed by atoms with Gasteiger partial charge in [-0.3, -0.25) is 4.68 Å². The van der Waals surface area contributed by atoms with Crippen LogP contribution in [0.25, 0.3) is 10.9 Å². The molecule has 0 bridgehead atoms. The maximum Gasteiger partial charge on any atom is 0.407 e. The molecule has 0 saturated carbocycles. The van der Waals surface area contributed by atoms with Crippen molar-refractivity contribution in [2.45, 2.75) is 45.0 Å². The van der Waals surface area contributed by atoms with Crippen LogP contribution < -0.4 is 5.32 Å². The van der Waals surface area contributed by atoms with Gasteiger partial charge >= 0.3 is 6.09 Å². The highest BCUT2D eigenvalue weighted by Crippen LogP contribution is 2.23. The number of benzene rings is 1. The molecule has 1 heterocycles. The first-order valence-corrected chi connectivity index (χ1v) is 7.92. The number of aryl methyl sites for hydroxylation is 1. The van der Waals surface area contributed by atoms with E-state index < -0.39 is 23.9 Å². The van der Waals surface area contributed by atoms with Crippen molar-refractivity contribution >= 4 is 17.0 Å². The van der Waals surface area contributed by atoms with Crippen LogP contribution in [-0.2, 0) is 11.8 Å². The number of aromatic nitrogens is 2. The van der Waals surface area contributed by atoms with E-state index in [2.05, 4.69) is 10.4 Å². The zero-order chi connectivity index (χ0) is 17.9. The lowest BCUT2D eigenvalue weighted by Crippen LogP contribution is -2.34. The van der Waals surface area contributed by atoms with Gasteiger partial charge in [0.1, 0.15) is 11.7 Å². The summed E-state index contributed by atoms with van der Waals surface area (Å²) >= 11 is 0. The molecule has 2 rings (SSSR count). The third-order valence-electron chi connectivity index (χ3n) is 3.59. The van der Waals surface area contributed by atoms with Crippen LogP contribution in [0, 0.1) is 0 Å². The largest absolute Gasteiger partial charge is 0.444 e. The number of alkyl carbamates (subject to hydrolysis) is 1. The molecule has 2 aromatic rings. The Morgan fingerprint density at radius 1 is 1.38 bits per heavy atom. The Balaban J connectivity index is 1.90. The number of amides is 1. The molecular formula is C17H25N3O4. The van der Waals surface area contributed by atoms with Crippen LogP contribution in [0.1, 0.15) is 38.9 Å². The molecule has 24 heavy (non-hydrogen) atoms. The van der Waals surface area contributed by atoms with Crippen molar-refractivity contribution < 1.29 is 19.7 Å². The topological polar surface area (TPSA) is 96.6 Å². The number of fused-ring (bicyclic) bond motifs is 1. The molecule has 0 radical (unpaired) electrons. The number of aliphatic hydroxyl groups is 2. The van der Waals surface area contributed by atoms with Crippen molar-refractivity contribution in [1.29, 1.82) is 0 Å². The number of hydrogen-bond acceptors (Lipinski definition) is 5. The quantitative estimate of drug-likeness (QED) is 0.775. The number of nitrogens with one attached hydrogen (secondary N) is 1. The van der Waals surface area contributed by atoms with Crippen LogP contribution in [0.3, 0.4) is 0 Å². The summed E-state index contributed by atoms with van der Waals surface area (Å²) in [5.74, 6) is 0. The van der Waals surface area contributed by atoms with Gasteiger partial charge in [-0.15, -0.1) is 0 Å². The van der Waals surface area contributed by atoms with Crippen LogP contribution in [0.15, 0.2) is 24.4 Å². The van der Waals surface area contributed by atoms with Gasteiger partial charge in [-0.1, -0.05) is 12.1 Å². The van der Waals surface area contributed by atoms with E-state index >= 15 is 0 Å². The van der Waals surface area contributed by atoms with Gasteiger partial charge in [-0.05, 0) is 38.8 Å². The molecule has 0 saturated heterocycles. The van der Waals surface area contributed by atoms with Crippen molar-refractivity contribution in [3.05, 3.63) is 30.0 Å². The lowest BCUT2D eigenvalue weighted by molar-refractivity contribution is 0.0123. The third kappa shape index (κ3) is 4.69. The van der Waals surface area contributed by atoms with E-state index in [0.717, 1.165) is 10.9 Å². The second kappa shape index (κ2) is 7.19. The number of ether oxygens (including phenoxy) is 1. The normalized spacial score (nSPS) is 14.4. The zero-order valence-electron chi connectivity index (χ0n) is 14.5. The number of aliphatic hydroxyl groups excluding tert-OH is 2. The summed E-state index contributed by atoms with van der Waals surface area (Å²) in [6, 6.07) is 5.42. The Morgan fingerprint density at radius 3 is 2.75 bits per heavy atom. The molecule has 7 heteroatoms. The van der Waals surface area contributed by atoms with Gasteiger partial charge in [-0.25, -0.2) is 4.79 Å². The first kappa shape index (κ1) is 18.2. The predicted octanol–water partition coefficient (Wildman–Crippen LogP) is 1.88. The lowest BCUT2D eigenvalue weighted by atomic mass is 10.0. The molecule has 0 spiro atoms. The standard InChI is InChI=1S/C17H25N3O4/c1-17(2,3)24-16(23)18-8-7-14(21)15(22)11-5-6-12-10-19-20(4)13(12)9-11/h5-6,9-10,14-15,21-22H,7-8H2,1-4H3,(H,18,23). The summed E-state index contributed by atoms with van der Waals surface area (Å²) in [7, 11) is 1.82. The van der Waals surface area contributed by atoms with Gasteiger partial charge in [0.15, 0.2) is 0 Å². The minimum absolute atomic E-state index is 0.209. The fourth-order valence-electron chi connectivity index (χ4n) is 2.36. The van der Waals surface area contributed by atoms with Gasteiger partial charge in [-0.2, -0.15) is 5.10 Å². The third-order valence-corrected chi connectivity index (χ3v) is 3.59. The van der Waals surface area contributed by atoms with E-state index in [0.29, 0.717) is 5.56 Å². The second-order valence-corrected chi connectivity index (χ2v) is 6.82. The Kier molecular flexibility index (Phi) is 5.46. The Morgan fingerprint density at radius 2 is 2.08 bits per heavy atom. The molecular weight excluding hydrogens is 310 g/mol. The predicted molar refractivity (Wildman–Crippen MR) is 90.5 cm³/mol. The molecule has 3 N–H and O–H groups in total. The fourth-order valence-corrected chi connectivity index (χ4v) is 2.36. The summed E-state index contributed by atoms with van der Waals surface area (Å²) in [4.78, 5) is 11.5. The van der Waals surface area contributed by atoms with E-state index in [9.17, 15) is 15.0 Å². The highest BCUT2D eigenvalue weighted by Gasteiger charge is 2.20. The highest BCUT2D eigenvalue weighted by atomic mass is 16.6. The van der Waals surface area contributed by atoms with Crippen molar-refractivity contribution in [2.75, 3.05) is 6.54 Å². The summed E-state index contributed by atoms with van der Waals surface area (Å²) in [5.41, 5.74) is 0.919. The molecule has 0 aliphatic heterocycles. The molecule has 1 amide bonds. The molecule has 7 nitrogen and oxygen atoms in total. The summed E-state index contributed by atoms with van der Waals surface area (Å²) in [6.45, 7) is 5.54. The minimum Gasteiger partial charge on any atom is -0.444 e. The Hall–Kier alpha value is -2.12. The van der Waals surface area contributed by atoms with E-state index in [1.54, 1.807) is 43.8 Å². The lowest BCUT2D eigenvalue weighted by Gasteiger charge is -2.21. The summed E-state index contributed by atoms with van der Waals surface area (Å²) < 4.78 is 6.82. The van der Waals surface area contributed by atoms with Crippen LogP contribution in [0.5, 0.6) is 0 Å². The first-order chi connectivity index (χ1) is 11.2. The monoisotopic (exact) mass is 335 g/mol. The molecule has 132 valence electrons. The van der Waals surface area contributed by atoms with Crippen molar-refractivity contribution in [3.63, 3.8) is 0 Å². The first-order valence-electron chi connectivity index (χ1n) is 7.92. The van der Waals surface area contributed by atoms with E-state index in [1.807, 2.05) is 13.1 Å². The average molecular weight is 335 g/mol. The molecule has 1 aromatic heterocycles. The maximum absolute atomic E-state index is 11.5. The number of hydrogen-bond donors (Lipinski definition) is 3. The molecule has 0 aliphatic rings. The van der Waals surface area contributed by atoms with Gasteiger partial charge in [0, 0.05) is 19.0 Å². The molecule has 1 aromatic carbocycles. The van der Waals surface area contributed by atoms with Crippen molar-refractivity contribution in [3.8, 4) is 0 Å². The van der Waals surface area contributed by atoms with Crippen LogP contribution in [0.2, 0.25) is 0 Å². The van der Waals surface area contributed by atoms with E-state index in [1.165, 1.54) is 0 Å². The summed E-state index contributed by atoms with van der Waals surface area (Å²) in [6.07, 6.45) is -0.618. The van der Waals surface area contributed by atoms with Gasteiger partial charge in [0.05, 0.1) is 17.8 Å². The summed E-state index contributed by atoms with van der Waals surface area (Å²) in [5, 5.41) is 28.1. The van der Waals surface area contributed by atoms with Crippen LogP contribution in [-0.4, -0.2) is 44.3 Å². The fraction of sp³-hybridized carbons (Fsp3) is 0.529. The van der Waals surface area contributed by atoms with Crippen LogP contribution >= 0.6 is 0 Å². The number of nitrogens with zero attached hydrogens (tertiary/aromatic N) is 2. The zero-order valence-corrected chi connectivity index (χ0v) is 14.5.